The van der Waals surface area contributed by atoms with Crippen LogP contribution < -0.4 is 10.2 Å². The average Bonchev–Trinajstić information content (AvgIpc) is 2.90. The molecule has 6 nitrogen and oxygen atoms in total. The molecule has 1 aliphatic heterocycles. The number of nitrogens with one attached hydrogen (secondary N) is 1. The van der Waals surface area contributed by atoms with Crippen molar-refractivity contribution in [2.24, 2.45) is 0 Å². The Hall–Kier alpha value is -2.50. The van der Waals surface area contributed by atoms with E-state index >= 15 is 0 Å². The van der Waals surface area contributed by atoms with E-state index in [9.17, 15) is 4.79 Å². The van der Waals surface area contributed by atoms with Gasteiger partial charge < -0.3 is 10.2 Å². The molecule has 0 radical (unpaired) electrons. The van der Waals surface area contributed by atoms with Crippen molar-refractivity contribution in [1.82, 2.24) is 20.5 Å². The first kappa shape index (κ1) is 15.4. The summed E-state index contributed by atoms with van der Waals surface area (Å²) in [5.41, 5.74) is 1.15. The summed E-state index contributed by atoms with van der Waals surface area (Å²) < 4.78 is 0. The molecule has 0 bridgehead atoms. The minimum atomic E-state index is -0.231. The van der Waals surface area contributed by atoms with Gasteiger partial charge in [0.15, 0.2) is 11.5 Å². The fraction of sp³-hybridized carbons (Fsp3) is 0.412. The molecule has 1 aliphatic rings. The Morgan fingerprint density at radius 2 is 1.87 bits per heavy atom. The zero-order chi connectivity index (χ0) is 15.9. The predicted octanol–water partition coefficient (Wildman–Crippen LogP) is 2.18. The molecule has 23 heavy (non-hydrogen) atoms. The van der Waals surface area contributed by atoms with Gasteiger partial charge in [0.25, 0.3) is 5.91 Å². The van der Waals surface area contributed by atoms with Crippen molar-refractivity contribution >= 4 is 11.7 Å². The van der Waals surface area contributed by atoms with Gasteiger partial charge in [-0.3, -0.25) is 9.78 Å². The van der Waals surface area contributed by atoms with E-state index in [4.69, 9.17) is 0 Å². The third-order valence-corrected chi connectivity index (χ3v) is 3.97. The molecule has 1 saturated heterocycles. The van der Waals surface area contributed by atoms with Crippen molar-refractivity contribution in [3.63, 3.8) is 0 Å². The average molecular weight is 311 g/mol. The predicted molar refractivity (Wildman–Crippen MR) is 88.1 cm³/mol. The molecule has 0 spiro atoms. The molecule has 2 aromatic heterocycles. The van der Waals surface area contributed by atoms with Crippen LogP contribution in [0.4, 0.5) is 5.82 Å². The van der Waals surface area contributed by atoms with Gasteiger partial charge >= 0.3 is 0 Å². The second-order valence-corrected chi connectivity index (χ2v) is 5.68. The fourth-order valence-corrected chi connectivity index (χ4v) is 2.68. The van der Waals surface area contributed by atoms with E-state index in [1.807, 2.05) is 24.3 Å². The first-order valence-electron chi connectivity index (χ1n) is 8.10. The van der Waals surface area contributed by atoms with Gasteiger partial charge in [0.2, 0.25) is 0 Å². The third kappa shape index (κ3) is 4.25. The number of rotatable bonds is 4. The maximum atomic E-state index is 12.1. The van der Waals surface area contributed by atoms with Crippen LogP contribution in [0.25, 0.3) is 0 Å². The SMILES string of the molecule is O=C(NCc1ccccn1)c1ccc(N2CCCCCC2)nn1. The van der Waals surface area contributed by atoms with E-state index < -0.39 is 0 Å². The fourth-order valence-electron chi connectivity index (χ4n) is 2.68. The van der Waals surface area contributed by atoms with Crippen molar-refractivity contribution < 1.29 is 4.79 Å². The molecular formula is C17H21N5O. The molecule has 0 unspecified atom stereocenters. The van der Waals surface area contributed by atoms with Crippen molar-refractivity contribution in [3.05, 3.63) is 47.9 Å². The van der Waals surface area contributed by atoms with E-state index in [0.29, 0.717) is 12.2 Å². The number of amides is 1. The number of aromatic nitrogens is 3. The van der Waals surface area contributed by atoms with Gasteiger partial charge in [-0.05, 0) is 37.1 Å². The third-order valence-electron chi connectivity index (χ3n) is 3.97. The van der Waals surface area contributed by atoms with E-state index in [2.05, 4.69) is 25.4 Å². The van der Waals surface area contributed by atoms with Gasteiger partial charge in [0.05, 0.1) is 12.2 Å². The Kier molecular flexibility index (Phi) is 5.13. The van der Waals surface area contributed by atoms with Crippen LogP contribution in [-0.2, 0) is 6.54 Å². The summed E-state index contributed by atoms with van der Waals surface area (Å²) in [4.78, 5) is 18.5. The summed E-state index contributed by atoms with van der Waals surface area (Å²) in [5.74, 6) is 0.624. The van der Waals surface area contributed by atoms with Crippen molar-refractivity contribution in [1.29, 1.82) is 0 Å². The monoisotopic (exact) mass is 311 g/mol. The molecule has 1 fully saturated rings. The Morgan fingerprint density at radius 3 is 2.52 bits per heavy atom. The smallest absolute Gasteiger partial charge is 0.272 e. The quantitative estimate of drug-likeness (QED) is 0.937. The number of hydrogen-bond acceptors (Lipinski definition) is 5. The zero-order valence-electron chi connectivity index (χ0n) is 13.1. The van der Waals surface area contributed by atoms with Crippen LogP contribution in [0.2, 0.25) is 0 Å². The lowest BCUT2D eigenvalue weighted by Gasteiger charge is -2.20. The number of pyridine rings is 1. The first-order chi connectivity index (χ1) is 11.3. The number of anilines is 1. The molecule has 0 aliphatic carbocycles. The highest BCUT2D eigenvalue weighted by atomic mass is 16.1. The lowest BCUT2D eigenvalue weighted by atomic mass is 10.2. The highest BCUT2D eigenvalue weighted by Crippen LogP contribution is 2.16. The molecule has 0 saturated carbocycles. The second kappa shape index (κ2) is 7.67. The van der Waals surface area contributed by atoms with Crippen molar-refractivity contribution in [2.75, 3.05) is 18.0 Å². The van der Waals surface area contributed by atoms with E-state index in [1.54, 1.807) is 12.3 Å². The molecule has 0 aromatic carbocycles. The van der Waals surface area contributed by atoms with Crippen LogP contribution in [0.15, 0.2) is 36.5 Å². The lowest BCUT2D eigenvalue weighted by Crippen LogP contribution is -2.27. The Morgan fingerprint density at radius 1 is 1.04 bits per heavy atom. The minimum Gasteiger partial charge on any atom is -0.355 e. The van der Waals surface area contributed by atoms with Gasteiger partial charge in [0.1, 0.15) is 0 Å². The van der Waals surface area contributed by atoms with Gasteiger partial charge in [-0.1, -0.05) is 18.9 Å². The van der Waals surface area contributed by atoms with E-state index in [-0.39, 0.29) is 5.91 Å². The van der Waals surface area contributed by atoms with Crippen LogP contribution in [0, 0.1) is 0 Å². The summed E-state index contributed by atoms with van der Waals surface area (Å²) in [6.07, 6.45) is 6.63. The molecule has 1 amide bonds. The maximum absolute atomic E-state index is 12.1. The van der Waals surface area contributed by atoms with Crippen molar-refractivity contribution in [2.45, 2.75) is 32.2 Å². The molecule has 1 N–H and O–H groups in total. The number of carbonyl (C=O) groups is 1. The van der Waals surface area contributed by atoms with Gasteiger partial charge in [-0.2, -0.15) is 0 Å². The first-order valence-corrected chi connectivity index (χ1v) is 8.10. The topological polar surface area (TPSA) is 71.0 Å². The second-order valence-electron chi connectivity index (χ2n) is 5.68. The van der Waals surface area contributed by atoms with Crippen LogP contribution in [-0.4, -0.2) is 34.2 Å². The molecular weight excluding hydrogens is 290 g/mol. The Labute approximate surface area is 136 Å². The molecule has 6 heteroatoms. The van der Waals surface area contributed by atoms with Crippen LogP contribution in [0.5, 0.6) is 0 Å². The highest BCUT2D eigenvalue weighted by Gasteiger charge is 2.13. The summed E-state index contributed by atoms with van der Waals surface area (Å²) in [5, 5.41) is 11.1. The molecule has 3 rings (SSSR count). The maximum Gasteiger partial charge on any atom is 0.272 e. The Balaban J connectivity index is 1.58. The van der Waals surface area contributed by atoms with Gasteiger partial charge in [0, 0.05) is 19.3 Å². The highest BCUT2D eigenvalue weighted by molar-refractivity contribution is 5.92. The number of nitrogens with zero attached hydrogens (tertiary/aromatic N) is 4. The van der Waals surface area contributed by atoms with Crippen LogP contribution in [0.3, 0.4) is 0 Å². The molecule has 2 aromatic rings. The summed E-state index contributed by atoms with van der Waals surface area (Å²) in [6.45, 7) is 2.41. The molecule has 120 valence electrons. The number of carbonyl (C=O) groups excluding carboxylic acids is 1. The largest absolute Gasteiger partial charge is 0.355 e. The summed E-state index contributed by atoms with van der Waals surface area (Å²) in [7, 11) is 0. The lowest BCUT2D eigenvalue weighted by molar-refractivity contribution is 0.0944. The van der Waals surface area contributed by atoms with Crippen molar-refractivity contribution in [3.8, 4) is 0 Å². The molecule has 3 heterocycles. The summed E-state index contributed by atoms with van der Waals surface area (Å²) in [6, 6.07) is 9.23. The molecule has 0 atom stereocenters. The number of hydrogen-bond donors (Lipinski definition) is 1. The standard InChI is InChI=1S/C17H21N5O/c23-17(19-13-14-7-3-4-10-18-14)15-8-9-16(21-20-15)22-11-5-1-2-6-12-22/h3-4,7-10H,1-2,5-6,11-13H2,(H,19,23). The van der Waals surface area contributed by atoms with Crippen LogP contribution in [0.1, 0.15) is 41.9 Å². The van der Waals surface area contributed by atoms with E-state index in [0.717, 1.165) is 24.6 Å². The van der Waals surface area contributed by atoms with E-state index in [1.165, 1.54) is 25.7 Å². The Bertz CT molecular complexity index is 621. The normalized spacial score (nSPS) is 15.0. The minimum absolute atomic E-state index is 0.231. The van der Waals surface area contributed by atoms with Crippen LogP contribution >= 0.6 is 0 Å². The zero-order valence-corrected chi connectivity index (χ0v) is 13.1. The summed E-state index contributed by atoms with van der Waals surface area (Å²) >= 11 is 0. The van der Waals surface area contributed by atoms with Gasteiger partial charge in [-0.25, -0.2) is 0 Å². The van der Waals surface area contributed by atoms with Gasteiger partial charge in [-0.15, -0.1) is 10.2 Å².